The van der Waals surface area contributed by atoms with Crippen molar-refractivity contribution in [1.29, 1.82) is 0 Å². The summed E-state index contributed by atoms with van der Waals surface area (Å²) >= 11 is 0. The number of amides is 1. The molecule has 0 radical (unpaired) electrons. The van der Waals surface area contributed by atoms with E-state index in [0.717, 1.165) is 0 Å². The molecule has 2 rings (SSSR count). The first kappa shape index (κ1) is 18.4. The average Bonchev–Trinajstić information content (AvgIpc) is 2.45. The van der Waals surface area contributed by atoms with Gasteiger partial charge in [0.05, 0.1) is 5.60 Å². The van der Waals surface area contributed by atoms with Gasteiger partial charge in [0, 0.05) is 25.1 Å². The number of halogens is 1. The van der Waals surface area contributed by atoms with Crippen LogP contribution < -0.4 is 0 Å². The van der Waals surface area contributed by atoms with Gasteiger partial charge in [-0.15, -0.1) is 0 Å². The quantitative estimate of drug-likeness (QED) is 0.861. The van der Waals surface area contributed by atoms with Crippen LogP contribution in [0.2, 0.25) is 0 Å². The number of ether oxygens (including phenoxy) is 1. The maximum Gasteiger partial charge on any atom is 0.410 e. The van der Waals surface area contributed by atoms with E-state index >= 15 is 0 Å². The Kier molecular flexibility index (Phi) is 5.28. The summed E-state index contributed by atoms with van der Waals surface area (Å²) in [5.41, 5.74) is -1.50. The van der Waals surface area contributed by atoms with Gasteiger partial charge in [0.1, 0.15) is 11.4 Å². The van der Waals surface area contributed by atoms with Crippen LogP contribution in [0.15, 0.2) is 24.3 Å². The lowest BCUT2D eigenvalue weighted by Gasteiger charge is -2.38. The van der Waals surface area contributed by atoms with E-state index < -0.39 is 23.1 Å². The van der Waals surface area contributed by atoms with E-state index in [1.54, 1.807) is 20.8 Å². The number of Topliss-reactive ketones (excluding diaryl/α,β-unsaturated/α-hetero) is 1. The molecule has 1 aromatic carbocycles. The molecule has 1 aromatic rings. The third-order valence-corrected chi connectivity index (χ3v) is 3.98. The fourth-order valence-electron chi connectivity index (χ4n) is 2.67. The molecule has 1 amide bonds. The summed E-state index contributed by atoms with van der Waals surface area (Å²) in [5, 5.41) is 10.6. The van der Waals surface area contributed by atoms with Crippen LogP contribution in [0.25, 0.3) is 0 Å². The Balaban J connectivity index is 1.92. The second-order valence-electron chi connectivity index (χ2n) is 7.30. The minimum Gasteiger partial charge on any atom is -0.444 e. The molecule has 5 nitrogen and oxygen atoms in total. The van der Waals surface area contributed by atoms with Gasteiger partial charge in [0.2, 0.25) is 0 Å². The molecule has 0 atom stereocenters. The third-order valence-electron chi connectivity index (χ3n) is 3.98. The topological polar surface area (TPSA) is 66.8 Å². The summed E-state index contributed by atoms with van der Waals surface area (Å²) in [6.07, 6.45) is 0.0696. The molecule has 0 aliphatic carbocycles. The molecule has 132 valence electrons. The highest BCUT2D eigenvalue weighted by Crippen LogP contribution is 2.28. The molecular weight excluding hydrogens is 313 g/mol. The molecule has 0 saturated carbocycles. The van der Waals surface area contributed by atoms with Gasteiger partial charge in [-0.2, -0.15) is 0 Å². The summed E-state index contributed by atoms with van der Waals surface area (Å²) in [7, 11) is 0. The number of ketones is 1. The largest absolute Gasteiger partial charge is 0.444 e. The van der Waals surface area contributed by atoms with Gasteiger partial charge in [-0.1, -0.05) is 12.1 Å². The Labute approximate surface area is 141 Å². The summed E-state index contributed by atoms with van der Waals surface area (Å²) in [6.45, 7) is 6.03. The Morgan fingerprint density at radius 3 is 2.46 bits per heavy atom. The number of rotatable bonds is 3. The number of carbonyl (C=O) groups excluding carboxylic acids is 2. The lowest BCUT2D eigenvalue weighted by Crippen LogP contribution is -2.48. The number of piperidine rings is 1. The molecule has 0 spiro atoms. The SMILES string of the molecule is CC(C)(C)OC(=O)N1CCC(O)(CC(=O)c2cccc(F)c2)CC1. The van der Waals surface area contributed by atoms with Gasteiger partial charge in [0.25, 0.3) is 0 Å². The van der Waals surface area contributed by atoms with E-state index in [-0.39, 0.29) is 30.6 Å². The monoisotopic (exact) mass is 337 g/mol. The lowest BCUT2D eigenvalue weighted by atomic mass is 9.85. The van der Waals surface area contributed by atoms with Crippen LogP contribution in [-0.4, -0.2) is 46.2 Å². The minimum absolute atomic E-state index is 0.0847. The van der Waals surface area contributed by atoms with Crippen LogP contribution in [0, 0.1) is 5.82 Å². The highest BCUT2D eigenvalue weighted by atomic mass is 19.1. The summed E-state index contributed by atoms with van der Waals surface area (Å²) in [4.78, 5) is 25.8. The molecule has 1 aliphatic rings. The Hall–Kier alpha value is -1.95. The number of hydrogen-bond acceptors (Lipinski definition) is 4. The molecule has 0 aromatic heterocycles. The predicted molar refractivity (Wildman–Crippen MR) is 87.3 cm³/mol. The second-order valence-corrected chi connectivity index (χ2v) is 7.30. The Morgan fingerprint density at radius 1 is 1.29 bits per heavy atom. The molecule has 0 unspecified atom stereocenters. The Morgan fingerprint density at radius 2 is 1.92 bits per heavy atom. The number of nitrogens with zero attached hydrogens (tertiary/aromatic N) is 1. The molecular formula is C18H24FNO4. The van der Waals surface area contributed by atoms with Gasteiger partial charge in [0.15, 0.2) is 5.78 Å². The van der Waals surface area contributed by atoms with E-state index in [2.05, 4.69) is 0 Å². The maximum absolute atomic E-state index is 13.2. The zero-order valence-corrected chi connectivity index (χ0v) is 14.3. The van der Waals surface area contributed by atoms with Crippen LogP contribution in [-0.2, 0) is 4.74 Å². The van der Waals surface area contributed by atoms with Crippen LogP contribution in [0.1, 0.15) is 50.4 Å². The average molecular weight is 337 g/mol. The molecule has 1 saturated heterocycles. The van der Waals surface area contributed by atoms with Gasteiger partial charge in [-0.3, -0.25) is 4.79 Å². The standard InChI is InChI=1S/C18H24FNO4/c1-17(2,3)24-16(22)20-9-7-18(23,8-10-20)12-15(21)13-5-4-6-14(19)11-13/h4-6,11,23H,7-10,12H2,1-3H3. The minimum atomic E-state index is -1.18. The van der Waals surface area contributed by atoms with Crippen molar-refractivity contribution in [3.05, 3.63) is 35.6 Å². The summed E-state index contributed by atoms with van der Waals surface area (Å²) in [6, 6.07) is 5.44. The van der Waals surface area contributed by atoms with Crippen molar-refractivity contribution in [2.75, 3.05) is 13.1 Å². The van der Waals surface area contributed by atoms with Crippen molar-refractivity contribution in [3.8, 4) is 0 Å². The second kappa shape index (κ2) is 6.89. The van der Waals surface area contributed by atoms with Crippen LogP contribution >= 0.6 is 0 Å². The van der Waals surface area contributed by atoms with Crippen LogP contribution in [0.3, 0.4) is 0 Å². The molecule has 0 bridgehead atoms. The highest BCUT2D eigenvalue weighted by Gasteiger charge is 2.37. The van der Waals surface area contributed by atoms with Crippen molar-refractivity contribution in [2.24, 2.45) is 0 Å². The van der Waals surface area contributed by atoms with Crippen LogP contribution in [0.4, 0.5) is 9.18 Å². The van der Waals surface area contributed by atoms with Gasteiger partial charge in [-0.25, -0.2) is 9.18 Å². The number of hydrogen-bond donors (Lipinski definition) is 1. The number of benzene rings is 1. The van der Waals surface area contributed by atoms with Crippen molar-refractivity contribution < 1.29 is 23.8 Å². The van der Waals surface area contributed by atoms with Crippen molar-refractivity contribution in [2.45, 2.75) is 51.2 Å². The van der Waals surface area contributed by atoms with Gasteiger partial charge < -0.3 is 14.7 Å². The van der Waals surface area contributed by atoms with E-state index in [4.69, 9.17) is 4.74 Å². The molecule has 6 heteroatoms. The van der Waals surface area contributed by atoms with Crippen molar-refractivity contribution in [3.63, 3.8) is 0 Å². The first-order chi connectivity index (χ1) is 11.1. The normalized spacial score (nSPS) is 17.5. The first-order valence-corrected chi connectivity index (χ1v) is 8.07. The fraction of sp³-hybridized carbons (Fsp3) is 0.556. The number of aliphatic hydroxyl groups is 1. The first-order valence-electron chi connectivity index (χ1n) is 8.07. The molecule has 1 N–H and O–H groups in total. The fourth-order valence-corrected chi connectivity index (χ4v) is 2.67. The molecule has 1 aliphatic heterocycles. The zero-order chi connectivity index (χ0) is 18.0. The highest BCUT2D eigenvalue weighted by molar-refractivity contribution is 5.96. The number of likely N-dealkylation sites (tertiary alicyclic amines) is 1. The van der Waals surface area contributed by atoms with E-state index in [1.807, 2.05) is 0 Å². The summed E-state index contributed by atoms with van der Waals surface area (Å²) in [5.74, 6) is -0.782. The molecule has 24 heavy (non-hydrogen) atoms. The smallest absolute Gasteiger partial charge is 0.410 e. The summed E-state index contributed by atoms with van der Waals surface area (Å²) < 4.78 is 18.5. The van der Waals surface area contributed by atoms with Crippen molar-refractivity contribution in [1.82, 2.24) is 4.90 Å². The maximum atomic E-state index is 13.2. The Bertz CT molecular complexity index is 616. The zero-order valence-electron chi connectivity index (χ0n) is 14.3. The number of carbonyl (C=O) groups is 2. The predicted octanol–water partition coefficient (Wildman–Crippen LogP) is 3.16. The van der Waals surface area contributed by atoms with Gasteiger partial charge >= 0.3 is 6.09 Å². The van der Waals surface area contributed by atoms with Gasteiger partial charge in [-0.05, 0) is 45.7 Å². The van der Waals surface area contributed by atoms with E-state index in [9.17, 15) is 19.1 Å². The van der Waals surface area contributed by atoms with Crippen molar-refractivity contribution >= 4 is 11.9 Å². The van der Waals surface area contributed by atoms with Crippen LogP contribution in [0.5, 0.6) is 0 Å². The molecule has 1 fully saturated rings. The molecule has 1 heterocycles. The third kappa shape index (κ3) is 5.03. The lowest BCUT2D eigenvalue weighted by molar-refractivity contribution is -0.0321. The van der Waals surface area contributed by atoms with E-state index in [0.29, 0.717) is 13.1 Å². The van der Waals surface area contributed by atoms with E-state index in [1.165, 1.54) is 29.2 Å².